The Morgan fingerprint density at radius 1 is 1.15 bits per heavy atom. The Labute approximate surface area is 200 Å². The maximum atomic E-state index is 13.1. The zero-order valence-corrected chi connectivity index (χ0v) is 20.3. The number of hydrogen-bond donors (Lipinski definition) is 2. The van der Waals surface area contributed by atoms with Crippen LogP contribution in [0.1, 0.15) is 56.4 Å². The van der Waals surface area contributed by atoms with E-state index < -0.39 is 6.04 Å². The van der Waals surface area contributed by atoms with Crippen LogP contribution in [0.2, 0.25) is 0 Å². The molecule has 3 aromatic rings. The lowest BCUT2D eigenvalue weighted by Gasteiger charge is -2.34. The number of carbonyl (C=O) groups excluding carboxylic acids is 2. The van der Waals surface area contributed by atoms with Crippen LogP contribution in [0.25, 0.3) is 5.78 Å². The lowest BCUT2D eigenvalue weighted by atomic mass is 9.98. The summed E-state index contributed by atoms with van der Waals surface area (Å²) in [6.45, 7) is 9.26. The first-order valence-electron chi connectivity index (χ1n) is 11.9. The number of piperidine rings is 1. The second-order valence-corrected chi connectivity index (χ2v) is 9.35. The first-order chi connectivity index (χ1) is 16.3. The van der Waals surface area contributed by atoms with Crippen LogP contribution < -0.4 is 15.5 Å². The fourth-order valence-electron chi connectivity index (χ4n) is 4.42. The average molecular weight is 464 g/mol. The molecule has 180 valence electrons. The van der Waals surface area contributed by atoms with Crippen molar-refractivity contribution in [2.75, 3.05) is 18.0 Å². The SMILES string of the molecule is CC(=O)N[C@H](Cc1ccc(C(C)C)cc1)C(=O)NC1CCN(c2cc(C)nc3ncnn23)CC1. The van der Waals surface area contributed by atoms with Gasteiger partial charge in [0.25, 0.3) is 5.78 Å². The monoisotopic (exact) mass is 463 g/mol. The largest absolute Gasteiger partial charge is 0.356 e. The topological polar surface area (TPSA) is 105 Å². The molecule has 9 nitrogen and oxygen atoms in total. The van der Waals surface area contributed by atoms with E-state index in [0.717, 1.165) is 43.0 Å². The van der Waals surface area contributed by atoms with Crippen LogP contribution in [-0.2, 0) is 16.0 Å². The van der Waals surface area contributed by atoms with E-state index in [4.69, 9.17) is 0 Å². The number of hydrogen-bond acceptors (Lipinski definition) is 6. The van der Waals surface area contributed by atoms with E-state index in [1.54, 1.807) is 4.52 Å². The lowest BCUT2D eigenvalue weighted by molar-refractivity contribution is -0.128. The molecule has 2 N–H and O–H groups in total. The van der Waals surface area contributed by atoms with Crippen LogP contribution in [-0.4, -0.2) is 56.6 Å². The molecule has 9 heteroatoms. The highest BCUT2D eigenvalue weighted by atomic mass is 16.2. The number of aromatic nitrogens is 4. The van der Waals surface area contributed by atoms with Crippen LogP contribution in [0.3, 0.4) is 0 Å². The normalized spacial score (nSPS) is 15.5. The Hall–Kier alpha value is -3.49. The summed E-state index contributed by atoms with van der Waals surface area (Å²) in [6, 6.07) is 9.72. The molecule has 1 aliphatic heterocycles. The van der Waals surface area contributed by atoms with E-state index in [0.29, 0.717) is 18.1 Å². The van der Waals surface area contributed by atoms with Gasteiger partial charge in [-0.05, 0) is 36.8 Å². The standard InChI is InChI=1S/C25H33N7O2/c1-16(2)20-7-5-19(6-8-20)14-22(29-18(4)33)24(34)30-21-9-11-31(12-10-21)23-13-17(3)28-25-26-15-27-32(23)25/h5-8,13,15-16,21-22H,9-12,14H2,1-4H3,(H,29,33)(H,30,34)/t22-/m1/s1. The van der Waals surface area contributed by atoms with Gasteiger partial charge in [0, 0.05) is 44.2 Å². The Kier molecular flexibility index (Phi) is 7.09. The molecule has 1 atom stereocenters. The number of anilines is 1. The molecule has 0 aliphatic carbocycles. The van der Waals surface area contributed by atoms with Crippen molar-refractivity contribution in [1.82, 2.24) is 30.2 Å². The molecular weight excluding hydrogens is 430 g/mol. The van der Waals surface area contributed by atoms with Crippen molar-refractivity contribution in [3.8, 4) is 0 Å². The maximum absolute atomic E-state index is 13.1. The molecule has 2 amide bonds. The van der Waals surface area contributed by atoms with Gasteiger partial charge in [-0.15, -0.1) is 0 Å². The van der Waals surface area contributed by atoms with Gasteiger partial charge in [0.1, 0.15) is 18.2 Å². The minimum Gasteiger partial charge on any atom is -0.356 e. The van der Waals surface area contributed by atoms with Crippen LogP contribution in [0.4, 0.5) is 5.82 Å². The van der Waals surface area contributed by atoms with E-state index in [1.165, 1.54) is 18.8 Å². The van der Waals surface area contributed by atoms with Gasteiger partial charge < -0.3 is 15.5 Å². The summed E-state index contributed by atoms with van der Waals surface area (Å²) in [4.78, 5) is 35.7. The van der Waals surface area contributed by atoms with Gasteiger partial charge in [-0.3, -0.25) is 9.59 Å². The summed E-state index contributed by atoms with van der Waals surface area (Å²) in [5.41, 5.74) is 3.17. The Balaban J connectivity index is 1.37. The second kappa shape index (κ2) is 10.2. The zero-order valence-electron chi connectivity index (χ0n) is 20.3. The van der Waals surface area contributed by atoms with Crippen LogP contribution in [0, 0.1) is 6.92 Å². The van der Waals surface area contributed by atoms with E-state index in [1.807, 2.05) is 25.1 Å². The maximum Gasteiger partial charge on any atom is 0.254 e. The van der Waals surface area contributed by atoms with E-state index >= 15 is 0 Å². The number of nitrogens with one attached hydrogen (secondary N) is 2. The molecule has 0 bridgehead atoms. The van der Waals surface area contributed by atoms with Crippen molar-refractivity contribution >= 4 is 23.4 Å². The summed E-state index contributed by atoms with van der Waals surface area (Å²) >= 11 is 0. The zero-order chi connectivity index (χ0) is 24.2. The summed E-state index contributed by atoms with van der Waals surface area (Å²) < 4.78 is 1.75. The fourth-order valence-corrected chi connectivity index (χ4v) is 4.42. The predicted octanol–water partition coefficient (Wildman–Crippen LogP) is 2.39. The Morgan fingerprint density at radius 2 is 1.85 bits per heavy atom. The number of carbonyl (C=O) groups is 2. The van der Waals surface area contributed by atoms with Crippen molar-refractivity contribution < 1.29 is 9.59 Å². The molecule has 34 heavy (non-hydrogen) atoms. The van der Waals surface area contributed by atoms with Crippen molar-refractivity contribution in [3.05, 3.63) is 53.5 Å². The third-order valence-corrected chi connectivity index (χ3v) is 6.31. The predicted molar refractivity (Wildman–Crippen MR) is 131 cm³/mol. The third kappa shape index (κ3) is 5.52. The molecule has 0 saturated carbocycles. The van der Waals surface area contributed by atoms with Gasteiger partial charge in [-0.1, -0.05) is 38.1 Å². The quantitative estimate of drug-likeness (QED) is 0.558. The second-order valence-electron chi connectivity index (χ2n) is 9.35. The molecular formula is C25H33N7O2. The molecule has 1 saturated heterocycles. The number of fused-ring (bicyclic) bond motifs is 1. The van der Waals surface area contributed by atoms with Gasteiger partial charge >= 0.3 is 0 Å². The molecule has 4 rings (SSSR count). The first kappa shape index (κ1) is 23.7. The molecule has 0 unspecified atom stereocenters. The summed E-state index contributed by atoms with van der Waals surface area (Å²) in [5.74, 6) is 1.65. The highest BCUT2D eigenvalue weighted by Gasteiger charge is 2.27. The fraction of sp³-hybridized carbons (Fsp3) is 0.480. The van der Waals surface area contributed by atoms with Crippen LogP contribution in [0.15, 0.2) is 36.7 Å². The minimum atomic E-state index is -0.599. The molecule has 0 radical (unpaired) electrons. The smallest absolute Gasteiger partial charge is 0.254 e. The number of benzene rings is 1. The Bertz CT molecular complexity index is 1150. The highest BCUT2D eigenvalue weighted by molar-refractivity contribution is 5.87. The Morgan fingerprint density at radius 3 is 2.50 bits per heavy atom. The van der Waals surface area contributed by atoms with Crippen molar-refractivity contribution in [1.29, 1.82) is 0 Å². The molecule has 2 aromatic heterocycles. The van der Waals surface area contributed by atoms with Gasteiger partial charge in [0.05, 0.1) is 0 Å². The van der Waals surface area contributed by atoms with Crippen molar-refractivity contribution in [2.45, 2.75) is 65.0 Å². The van der Waals surface area contributed by atoms with Gasteiger partial charge in [0.15, 0.2) is 0 Å². The van der Waals surface area contributed by atoms with Crippen LogP contribution in [0.5, 0.6) is 0 Å². The van der Waals surface area contributed by atoms with Crippen LogP contribution >= 0.6 is 0 Å². The van der Waals surface area contributed by atoms with Gasteiger partial charge in [-0.2, -0.15) is 14.6 Å². The molecule has 3 heterocycles. The van der Waals surface area contributed by atoms with Gasteiger partial charge in [0.2, 0.25) is 11.8 Å². The van der Waals surface area contributed by atoms with E-state index in [2.05, 4.69) is 56.6 Å². The molecule has 1 fully saturated rings. The number of nitrogens with zero attached hydrogens (tertiary/aromatic N) is 5. The summed E-state index contributed by atoms with van der Waals surface area (Å²) in [5, 5.41) is 10.3. The van der Waals surface area contributed by atoms with Gasteiger partial charge in [-0.25, -0.2) is 4.98 Å². The number of rotatable bonds is 7. The average Bonchev–Trinajstić information content (AvgIpc) is 3.27. The molecule has 0 spiro atoms. The first-order valence-corrected chi connectivity index (χ1v) is 11.9. The highest BCUT2D eigenvalue weighted by Crippen LogP contribution is 2.21. The third-order valence-electron chi connectivity index (χ3n) is 6.31. The molecule has 1 aromatic carbocycles. The molecule has 1 aliphatic rings. The number of aryl methyl sites for hydroxylation is 1. The van der Waals surface area contributed by atoms with Crippen molar-refractivity contribution in [3.63, 3.8) is 0 Å². The lowest BCUT2D eigenvalue weighted by Crippen LogP contribution is -2.52. The van der Waals surface area contributed by atoms with Crippen molar-refractivity contribution in [2.24, 2.45) is 0 Å². The number of amides is 2. The van der Waals surface area contributed by atoms with E-state index in [-0.39, 0.29) is 17.9 Å². The minimum absolute atomic E-state index is 0.0532. The summed E-state index contributed by atoms with van der Waals surface area (Å²) in [7, 11) is 0. The van der Waals surface area contributed by atoms with E-state index in [9.17, 15) is 9.59 Å². The summed E-state index contributed by atoms with van der Waals surface area (Å²) in [6.07, 6.45) is 3.58.